The van der Waals surface area contributed by atoms with E-state index in [9.17, 15) is 4.79 Å². The number of aromatic nitrogens is 4. The molecule has 6 heteroatoms. The molecule has 1 aromatic heterocycles. The van der Waals surface area contributed by atoms with Crippen LogP contribution in [0.1, 0.15) is 10.4 Å². The minimum atomic E-state index is 0.0676. The van der Waals surface area contributed by atoms with Crippen LogP contribution in [0.15, 0.2) is 35.5 Å². The number of ketones is 1. The third-order valence-corrected chi connectivity index (χ3v) is 2.75. The van der Waals surface area contributed by atoms with Gasteiger partial charge in [0.15, 0.2) is 5.78 Å². The number of tetrazole rings is 1. The summed E-state index contributed by atoms with van der Waals surface area (Å²) in [5, 5.41) is 12.0. The fraction of sp³-hybridized carbons (Fsp3) is 0.200. The van der Waals surface area contributed by atoms with Gasteiger partial charge >= 0.3 is 0 Å². The lowest BCUT2D eigenvalue weighted by molar-refractivity contribution is 0.102. The highest BCUT2D eigenvalue weighted by molar-refractivity contribution is 7.99. The molecule has 2 rings (SSSR count). The van der Waals surface area contributed by atoms with Crippen molar-refractivity contribution in [2.75, 3.05) is 5.75 Å². The van der Waals surface area contributed by atoms with E-state index in [1.807, 2.05) is 18.2 Å². The van der Waals surface area contributed by atoms with Gasteiger partial charge in [-0.05, 0) is 5.21 Å². The first-order valence-corrected chi connectivity index (χ1v) is 5.69. The molecule has 0 N–H and O–H groups in total. The smallest absolute Gasteiger partial charge is 0.231 e. The van der Waals surface area contributed by atoms with E-state index in [4.69, 9.17) is 0 Å². The summed E-state index contributed by atoms with van der Waals surface area (Å²) in [5.41, 5.74) is 0.707. The lowest BCUT2D eigenvalue weighted by Gasteiger charge is -1.97. The van der Waals surface area contributed by atoms with Crippen molar-refractivity contribution in [3.8, 4) is 0 Å². The molecule has 5 nitrogen and oxygen atoms in total. The van der Waals surface area contributed by atoms with Crippen molar-refractivity contribution in [3.05, 3.63) is 35.9 Å². The Balaban J connectivity index is 1.94. The highest BCUT2D eigenvalue weighted by atomic mass is 32.2. The van der Waals surface area contributed by atoms with Crippen LogP contribution in [-0.2, 0) is 7.05 Å². The molecule has 0 aliphatic carbocycles. The number of thioether (sulfide) groups is 1. The minimum Gasteiger partial charge on any atom is -0.293 e. The van der Waals surface area contributed by atoms with Gasteiger partial charge in [-0.1, -0.05) is 42.1 Å². The number of Topliss-reactive ketones (excluding diaryl/α,β-unsaturated/α-hetero) is 1. The average molecular weight is 234 g/mol. The quantitative estimate of drug-likeness (QED) is 0.587. The van der Waals surface area contributed by atoms with Gasteiger partial charge in [0, 0.05) is 5.56 Å². The van der Waals surface area contributed by atoms with Gasteiger partial charge in [0.05, 0.1) is 12.8 Å². The molecule has 0 saturated heterocycles. The highest BCUT2D eigenvalue weighted by Gasteiger charge is 2.08. The lowest BCUT2D eigenvalue weighted by Crippen LogP contribution is -2.02. The van der Waals surface area contributed by atoms with Gasteiger partial charge in [0.25, 0.3) is 0 Å². The van der Waals surface area contributed by atoms with Crippen LogP contribution in [0, 0.1) is 0 Å². The molecule has 16 heavy (non-hydrogen) atoms. The van der Waals surface area contributed by atoms with Gasteiger partial charge in [-0.25, -0.2) is 0 Å². The monoisotopic (exact) mass is 234 g/mol. The fourth-order valence-electron chi connectivity index (χ4n) is 1.16. The fourth-order valence-corrected chi connectivity index (χ4v) is 1.86. The Hall–Kier alpha value is -1.69. The Bertz CT molecular complexity index is 483. The molecule has 0 aliphatic rings. The number of nitrogens with zero attached hydrogens (tertiary/aromatic N) is 4. The number of aryl methyl sites for hydroxylation is 1. The van der Waals surface area contributed by atoms with Crippen LogP contribution >= 0.6 is 11.8 Å². The molecule has 0 unspecified atom stereocenters. The Kier molecular flexibility index (Phi) is 3.31. The molecule has 0 amide bonds. The topological polar surface area (TPSA) is 60.7 Å². The van der Waals surface area contributed by atoms with Crippen LogP contribution in [0.2, 0.25) is 0 Å². The molecular formula is C10H10N4OS. The third-order valence-electron chi connectivity index (χ3n) is 1.92. The maximum absolute atomic E-state index is 11.7. The molecule has 0 fully saturated rings. The number of rotatable bonds is 4. The number of carbonyl (C=O) groups excluding carboxylic acids is 1. The van der Waals surface area contributed by atoms with Crippen molar-refractivity contribution < 1.29 is 4.79 Å². The normalized spacial score (nSPS) is 10.3. The summed E-state index contributed by atoms with van der Waals surface area (Å²) in [7, 11) is 1.69. The van der Waals surface area contributed by atoms with Gasteiger partial charge in [-0.2, -0.15) is 4.80 Å². The van der Waals surface area contributed by atoms with E-state index in [-0.39, 0.29) is 5.78 Å². The molecule has 82 valence electrons. The van der Waals surface area contributed by atoms with Gasteiger partial charge < -0.3 is 0 Å². The van der Waals surface area contributed by atoms with Crippen molar-refractivity contribution in [2.45, 2.75) is 5.16 Å². The summed E-state index contributed by atoms with van der Waals surface area (Å²) in [5.74, 6) is 0.397. The number of carbonyl (C=O) groups is 1. The number of hydrogen-bond acceptors (Lipinski definition) is 5. The van der Waals surface area contributed by atoms with E-state index in [1.165, 1.54) is 16.6 Å². The Labute approximate surface area is 96.9 Å². The maximum atomic E-state index is 11.7. The van der Waals surface area contributed by atoms with Gasteiger partial charge in [0.1, 0.15) is 0 Å². The molecule has 0 bridgehead atoms. The van der Waals surface area contributed by atoms with Crippen LogP contribution in [0.4, 0.5) is 0 Å². The first-order valence-electron chi connectivity index (χ1n) is 4.71. The molecule has 0 aliphatic heterocycles. The molecule has 1 heterocycles. The third kappa shape index (κ3) is 2.66. The summed E-state index contributed by atoms with van der Waals surface area (Å²) in [6, 6.07) is 9.17. The zero-order valence-corrected chi connectivity index (χ0v) is 9.52. The van der Waals surface area contributed by atoms with Crippen LogP contribution in [0.25, 0.3) is 0 Å². The summed E-state index contributed by atoms with van der Waals surface area (Å²) in [4.78, 5) is 13.1. The lowest BCUT2D eigenvalue weighted by atomic mass is 10.2. The van der Waals surface area contributed by atoms with Crippen LogP contribution in [0.5, 0.6) is 0 Å². The van der Waals surface area contributed by atoms with E-state index >= 15 is 0 Å². The molecule has 0 radical (unpaired) electrons. The predicted molar refractivity (Wildman–Crippen MR) is 60.3 cm³/mol. The summed E-state index contributed by atoms with van der Waals surface area (Å²) in [6.07, 6.45) is 0. The van der Waals surface area contributed by atoms with E-state index < -0.39 is 0 Å². The molecule has 0 saturated carbocycles. The molecule has 0 atom stereocenters. The molecule has 0 spiro atoms. The zero-order valence-electron chi connectivity index (χ0n) is 8.70. The van der Waals surface area contributed by atoms with Crippen molar-refractivity contribution in [1.82, 2.24) is 20.2 Å². The first kappa shape index (κ1) is 10.8. The first-order chi connectivity index (χ1) is 7.75. The summed E-state index contributed by atoms with van der Waals surface area (Å²) >= 11 is 1.29. The van der Waals surface area contributed by atoms with Crippen molar-refractivity contribution in [1.29, 1.82) is 0 Å². The van der Waals surface area contributed by atoms with Crippen molar-refractivity contribution in [3.63, 3.8) is 0 Å². The Morgan fingerprint density at radius 1 is 1.38 bits per heavy atom. The van der Waals surface area contributed by atoms with Crippen LogP contribution in [-0.4, -0.2) is 31.7 Å². The zero-order chi connectivity index (χ0) is 11.4. The number of benzene rings is 1. The second-order valence-electron chi connectivity index (χ2n) is 3.14. The molecular weight excluding hydrogens is 224 g/mol. The average Bonchev–Trinajstić information content (AvgIpc) is 2.73. The SMILES string of the molecule is Cn1nnc(SCC(=O)c2ccccc2)n1. The second-order valence-corrected chi connectivity index (χ2v) is 4.08. The van der Waals surface area contributed by atoms with Crippen LogP contribution < -0.4 is 0 Å². The largest absolute Gasteiger partial charge is 0.293 e. The van der Waals surface area contributed by atoms with Crippen molar-refractivity contribution in [2.24, 2.45) is 7.05 Å². The van der Waals surface area contributed by atoms with E-state index in [1.54, 1.807) is 19.2 Å². The second kappa shape index (κ2) is 4.89. The summed E-state index contributed by atoms with van der Waals surface area (Å²) < 4.78 is 0. The maximum Gasteiger partial charge on any atom is 0.231 e. The van der Waals surface area contributed by atoms with Crippen molar-refractivity contribution >= 4 is 17.5 Å². The standard InChI is InChI=1S/C10H10N4OS/c1-14-12-10(11-13-14)16-7-9(15)8-5-3-2-4-6-8/h2-6H,7H2,1H3. The Morgan fingerprint density at radius 2 is 2.12 bits per heavy atom. The van der Waals surface area contributed by atoms with Gasteiger partial charge in [0.2, 0.25) is 5.16 Å². The van der Waals surface area contributed by atoms with E-state index in [2.05, 4.69) is 15.4 Å². The Morgan fingerprint density at radius 3 is 2.75 bits per heavy atom. The summed E-state index contributed by atoms with van der Waals surface area (Å²) in [6.45, 7) is 0. The van der Waals surface area contributed by atoms with Crippen LogP contribution in [0.3, 0.4) is 0 Å². The number of hydrogen-bond donors (Lipinski definition) is 0. The van der Waals surface area contributed by atoms with Gasteiger partial charge in [-0.15, -0.1) is 10.2 Å². The predicted octanol–water partition coefficient (Wildman–Crippen LogP) is 1.19. The minimum absolute atomic E-state index is 0.0676. The van der Waals surface area contributed by atoms with Gasteiger partial charge in [-0.3, -0.25) is 4.79 Å². The highest BCUT2D eigenvalue weighted by Crippen LogP contribution is 2.13. The van der Waals surface area contributed by atoms with E-state index in [0.29, 0.717) is 16.5 Å². The molecule has 2 aromatic rings. The van der Waals surface area contributed by atoms with E-state index in [0.717, 1.165) is 0 Å². The molecule has 1 aromatic carbocycles.